The molecule has 0 N–H and O–H groups in total. The second-order valence-electron chi connectivity index (χ2n) is 3.94. The van der Waals surface area contributed by atoms with Crippen molar-refractivity contribution in [2.75, 3.05) is 0 Å². The van der Waals surface area contributed by atoms with Gasteiger partial charge in [-0.3, -0.25) is 0 Å². The minimum Gasteiger partial charge on any atom is -0.202 e. The first-order valence-electron chi connectivity index (χ1n) is 4.77. The van der Waals surface area contributed by atoms with E-state index in [-0.39, 0.29) is 0 Å². The molecule has 0 radical (unpaired) electrons. The smallest absolute Gasteiger partial charge is 0.202 e. The molecule has 0 fully saturated rings. The summed E-state index contributed by atoms with van der Waals surface area (Å²) in [6.45, 7) is 0. The zero-order valence-electron chi connectivity index (χ0n) is 10.0. The average molecular weight is 400 g/mol. The van der Waals surface area contributed by atoms with Crippen molar-refractivity contribution in [3.63, 3.8) is 0 Å². The summed E-state index contributed by atoms with van der Waals surface area (Å²) in [5, 5.41) is 0. The van der Waals surface area contributed by atoms with Gasteiger partial charge < -0.3 is 0 Å². The van der Waals surface area contributed by atoms with E-state index in [1.807, 2.05) is 0 Å². The van der Waals surface area contributed by atoms with Crippen LogP contribution < -0.4 is 0 Å². The molecule has 144 valence electrons. The summed E-state index contributed by atoms with van der Waals surface area (Å²) in [4.78, 5) is 0. The quantitative estimate of drug-likeness (QED) is 0.499. The molecule has 0 aromatic heterocycles. The molecule has 0 aliphatic heterocycles. The Balaban J connectivity index is 7.15. The monoisotopic (exact) mass is 400 g/mol. The predicted octanol–water partition coefficient (Wildman–Crippen LogP) is 6.01. The minimum atomic E-state index is -8.33. The van der Waals surface area contributed by atoms with Gasteiger partial charge in [-0.15, -0.1) is 0 Å². The van der Waals surface area contributed by atoms with Crippen LogP contribution in [0.3, 0.4) is 0 Å². The fourth-order valence-corrected chi connectivity index (χ4v) is 1.44. The van der Waals surface area contributed by atoms with Crippen molar-refractivity contribution >= 4 is 0 Å². The van der Waals surface area contributed by atoms with Crippen LogP contribution in [0.2, 0.25) is 0 Å². The van der Waals surface area contributed by atoms with E-state index >= 15 is 0 Å². The van der Waals surface area contributed by atoms with Crippen LogP contribution in [0, 0.1) is 5.41 Å². The van der Waals surface area contributed by atoms with Gasteiger partial charge in [-0.25, -0.2) is 4.39 Å². The Morgan fingerprint density at radius 2 is 0.667 bits per heavy atom. The fraction of sp³-hybridized carbons (Fsp3) is 0.750. The Morgan fingerprint density at radius 3 is 0.833 bits per heavy atom. The maximum Gasteiger partial charge on any atom is 0.445 e. The van der Waals surface area contributed by atoms with E-state index in [0.717, 1.165) is 0 Å². The molecule has 0 saturated carbocycles. The minimum absolute atomic E-state index is 4.88. The Hall–Kier alpha value is -1.38. The summed E-state index contributed by atoms with van der Waals surface area (Å²) < 4.78 is 197. The van der Waals surface area contributed by atoms with Gasteiger partial charge >= 0.3 is 36.0 Å². The SMILES string of the molecule is FC(=C(F)C(F)(F)C(C(F)(F)F)(C(F)(F)F)C(F)(F)F)C(F)(F)F. The summed E-state index contributed by atoms with van der Waals surface area (Å²) in [5.41, 5.74) is -8.33. The average Bonchev–Trinajstić information content (AvgIpc) is 2.18. The normalized spacial score (nSPS) is 17.0. The first-order valence-corrected chi connectivity index (χ1v) is 4.77. The number of alkyl halides is 14. The van der Waals surface area contributed by atoms with Crippen molar-refractivity contribution in [1.82, 2.24) is 0 Å². The first kappa shape index (κ1) is 22.6. The molecule has 0 aliphatic carbocycles. The lowest BCUT2D eigenvalue weighted by Crippen LogP contribution is -2.69. The van der Waals surface area contributed by atoms with Gasteiger partial charge in [0.15, 0.2) is 0 Å². The van der Waals surface area contributed by atoms with Crippen molar-refractivity contribution in [2.45, 2.75) is 30.6 Å². The molecule has 0 spiro atoms. The van der Waals surface area contributed by atoms with Gasteiger partial charge in [-0.2, -0.15) is 65.9 Å². The topological polar surface area (TPSA) is 0 Å². The van der Waals surface area contributed by atoms with Crippen molar-refractivity contribution in [3.05, 3.63) is 11.7 Å². The predicted molar refractivity (Wildman–Crippen MR) is 40.8 cm³/mol. The van der Waals surface area contributed by atoms with Gasteiger partial charge in [0.2, 0.25) is 11.7 Å². The van der Waals surface area contributed by atoms with E-state index in [9.17, 15) is 70.2 Å². The number of hydrogen-bond acceptors (Lipinski definition) is 0. The fourth-order valence-electron chi connectivity index (χ4n) is 1.44. The molecule has 0 unspecified atom stereocenters. The third kappa shape index (κ3) is 3.10. The summed E-state index contributed by atoms with van der Waals surface area (Å²) in [7, 11) is 0. The van der Waals surface area contributed by atoms with Gasteiger partial charge in [-0.05, 0) is 0 Å². The molecule has 0 aromatic rings. The van der Waals surface area contributed by atoms with E-state index in [1.165, 1.54) is 0 Å². The van der Waals surface area contributed by atoms with Crippen LogP contribution in [0.4, 0.5) is 70.2 Å². The summed E-state index contributed by atoms with van der Waals surface area (Å²) in [6, 6.07) is 0. The summed E-state index contributed by atoms with van der Waals surface area (Å²) >= 11 is 0. The lowest BCUT2D eigenvalue weighted by molar-refractivity contribution is -0.471. The molecule has 0 heterocycles. The van der Waals surface area contributed by atoms with E-state index in [4.69, 9.17) is 0 Å². The Morgan fingerprint density at radius 1 is 0.417 bits per heavy atom. The maximum atomic E-state index is 13.1. The Bertz CT molecular complexity index is 456. The standard InChI is InChI=1S/C8F16/c9-1(2(10)4(13,14)15)3(11,12)5(6(16,17)18,7(19,20)21)8(22,23)24. The molecule has 0 aromatic carbocycles. The highest BCUT2D eigenvalue weighted by atomic mass is 19.4. The highest BCUT2D eigenvalue weighted by Gasteiger charge is 2.94. The highest BCUT2D eigenvalue weighted by Crippen LogP contribution is 2.68. The van der Waals surface area contributed by atoms with E-state index in [0.29, 0.717) is 0 Å². The molecule has 0 nitrogen and oxygen atoms in total. The summed E-state index contributed by atoms with van der Waals surface area (Å²) in [5.74, 6) is -18.2. The zero-order valence-corrected chi connectivity index (χ0v) is 10.0. The molecule has 0 saturated heterocycles. The third-order valence-corrected chi connectivity index (χ3v) is 2.46. The van der Waals surface area contributed by atoms with Crippen molar-refractivity contribution in [3.8, 4) is 0 Å². The molecule has 0 rings (SSSR count). The number of allylic oxidation sites excluding steroid dienone is 2. The van der Waals surface area contributed by atoms with Crippen LogP contribution in [0.1, 0.15) is 0 Å². The largest absolute Gasteiger partial charge is 0.445 e. The highest BCUT2D eigenvalue weighted by molar-refractivity contribution is 5.23. The molecule has 24 heavy (non-hydrogen) atoms. The van der Waals surface area contributed by atoms with Gasteiger partial charge in [0.1, 0.15) is 0 Å². The van der Waals surface area contributed by atoms with E-state index in [1.54, 1.807) is 0 Å². The second-order valence-corrected chi connectivity index (χ2v) is 3.94. The van der Waals surface area contributed by atoms with Crippen LogP contribution in [-0.4, -0.2) is 30.6 Å². The van der Waals surface area contributed by atoms with Crippen LogP contribution in [0.5, 0.6) is 0 Å². The van der Waals surface area contributed by atoms with Gasteiger partial charge in [0, 0.05) is 0 Å². The Kier molecular flexibility index (Phi) is 5.25. The van der Waals surface area contributed by atoms with Crippen LogP contribution >= 0.6 is 0 Å². The molecular weight excluding hydrogens is 400 g/mol. The number of hydrogen-bond donors (Lipinski definition) is 0. The van der Waals surface area contributed by atoms with E-state index in [2.05, 4.69) is 0 Å². The van der Waals surface area contributed by atoms with Gasteiger partial charge in [0.05, 0.1) is 0 Å². The lowest BCUT2D eigenvalue weighted by Gasteiger charge is -2.42. The summed E-state index contributed by atoms with van der Waals surface area (Å²) in [6.07, 6.45) is -31.2. The van der Waals surface area contributed by atoms with Crippen LogP contribution in [0.15, 0.2) is 11.7 Å². The number of rotatable bonds is 2. The van der Waals surface area contributed by atoms with Crippen LogP contribution in [0.25, 0.3) is 0 Å². The molecule has 16 heteroatoms. The zero-order chi connectivity index (χ0) is 20.2. The van der Waals surface area contributed by atoms with Crippen molar-refractivity contribution in [2.24, 2.45) is 5.41 Å². The van der Waals surface area contributed by atoms with Crippen molar-refractivity contribution < 1.29 is 70.2 Å². The van der Waals surface area contributed by atoms with Gasteiger partial charge in [-0.1, -0.05) is 0 Å². The first-order chi connectivity index (χ1) is 10.1. The second kappa shape index (κ2) is 5.57. The van der Waals surface area contributed by atoms with E-state index < -0.39 is 47.7 Å². The van der Waals surface area contributed by atoms with Crippen molar-refractivity contribution in [1.29, 1.82) is 0 Å². The lowest BCUT2D eigenvalue weighted by atomic mass is 9.77. The maximum absolute atomic E-state index is 13.1. The molecule has 0 amide bonds. The molecule has 0 bridgehead atoms. The third-order valence-electron chi connectivity index (χ3n) is 2.46. The number of halogens is 16. The van der Waals surface area contributed by atoms with Crippen LogP contribution in [-0.2, 0) is 0 Å². The Labute approximate surface area is 119 Å². The molecule has 0 aliphatic rings. The van der Waals surface area contributed by atoms with Gasteiger partial charge in [0.25, 0.3) is 0 Å². The molecule has 0 atom stereocenters. The molecular formula is C8F16.